The van der Waals surface area contributed by atoms with E-state index in [1.807, 2.05) is 59.5 Å². The van der Waals surface area contributed by atoms with Crippen molar-refractivity contribution in [3.05, 3.63) is 71.9 Å². The summed E-state index contributed by atoms with van der Waals surface area (Å²) in [6, 6.07) is 17.7. The highest BCUT2D eigenvalue weighted by Crippen LogP contribution is 2.33. The maximum atomic E-state index is 13.3. The minimum atomic E-state index is -0.0662. The highest BCUT2D eigenvalue weighted by molar-refractivity contribution is 5.96. The molecule has 2 heterocycles. The standard InChI is InChI=1S/C26H29N3O2/c1-18(2)21-11-7-8-12-23(21)31-25-22(26(30)29-15-13-19(3)14-16-29)17-27-24(28-25)20-9-5-4-6-10-20/h4-12,17-19H,13-16H2,1-3H3. The SMILES string of the molecule is CC1CCN(C(=O)c2cnc(-c3ccccc3)nc2Oc2ccccc2C(C)C)CC1. The normalized spacial score (nSPS) is 14.6. The van der Waals surface area contributed by atoms with Crippen LogP contribution in [0, 0.1) is 5.92 Å². The second kappa shape index (κ2) is 9.29. The van der Waals surface area contributed by atoms with Gasteiger partial charge in [-0.3, -0.25) is 4.79 Å². The number of aromatic nitrogens is 2. The molecule has 2 aromatic carbocycles. The van der Waals surface area contributed by atoms with Crippen LogP contribution in [0.2, 0.25) is 0 Å². The molecule has 5 heteroatoms. The molecule has 160 valence electrons. The molecule has 0 spiro atoms. The lowest BCUT2D eigenvalue weighted by Crippen LogP contribution is -2.38. The summed E-state index contributed by atoms with van der Waals surface area (Å²) in [6.45, 7) is 7.99. The number of nitrogens with zero attached hydrogens (tertiary/aromatic N) is 3. The van der Waals surface area contributed by atoms with Gasteiger partial charge < -0.3 is 9.64 Å². The molecule has 0 bridgehead atoms. The van der Waals surface area contributed by atoms with Gasteiger partial charge in [-0.2, -0.15) is 4.98 Å². The Morgan fingerprint density at radius 3 is 2.42 bits per heavy atom. The van der Waals surface area contributed by atoms with Crippen LogP contribution in [0.1, 0.15) is 55.5 Å². The molecule has 0 unspecified atom stereocenters. The quantitative estimate of drug-likeness (QED) is 0.518. The molecule has 0 atom stereocenters. The van der Waals surface area contributed by atoms with Crippen LogP contribution >= 0.6 is 0 Å². The van der Waals surface area contributed by atoms with Gasteiger partial charge in [0.25, 0.3) is 5.91 Å². The third-order valence-electron chi connectivity index (χ3n) is 5.83. The van der Waals surface area contributed by atoms with Crippen LogP contribution in [0.15, 0.2) is 60.8 Å². The summed E-state index contributed by atoms with van der Waals surface area (Å²) >= 11 is 0. The molecular formula is C26H29N3O2. The van der Waals surface area contributed by atoms with Crippen LogP contribution in [0.5, 0.6) is 11.6 Å². The maximum absolute atomic E-state index is 13.3. The molecule has 0 N–H and O–H groups in total. The molecule has 1 aromatic heterocycles. The highest BCUT2D eigenvalue weighted by Gasteiger charge is 2.26. The topological polar surface area (TPSA) is 55.3 Å². The van der Waals surface area contributed by atoms with Crippen LogP contribution in [0.25, 0.3) is 11.4 Å². The molecule has 1 aliphatic heterocycles. The first kappa shape index (κ1) is 21.0. The third-order valence-corrected chi connectivity index (χ3v) is 5.83. The molecule has 4 rings (SSSR count). The van der Waals surface area contributed by atoms with Crippen LogP contribution in [0.3, 0.4) is 0 Å². The lowest BCUT2D eigenvalue weighted by Gasteiger charge is -2.30. The monoisotopic (exact) mass is 415 g/mol. The van der Waals surface area contributed by atoms with E-state index in [9.17, 15) is 4.79 Å². The zero-order valence-corrected chi connectivity index (χ0v) is 18.4. The van der Waals surface area contributed by atoms with Gasteiger partial charge in [0.2, 0.25) is 5.88 Å². The van der Waals surface area contributed by atoms with Crippen molar-refractivity contribution in [3.8, 4) is 23.0 Å². The smallest absolute Gasteiger partial charge is 0.260 e. The number of hydrogen-bond donors (Lipinski definition) is 0. The maximum Gasteiger partial charge on any atom is 0.260 e. The van der Waals surface area contributed by atoms with E-state index in [4.69, 9.17) is 4.74 Å². The molecule has 1 saturated heterocycles. The van der Waals surface area contributed by atoms with E-state index in [2.05, 4.69) is 30.7 Å². The van der Waals surface area contributed by atoms with Crippen molar-refractivity contribution in [2.75, 3.05) is 13.1 Å². The lowest BCUT2D eigenvalue weighted by atomic mass is 9.99. The second-order valence-corrected chi connectivity index (χ2v) is 8.55. The number of likely N-dealkylation sites (tertiary alicyclic amines) is 1. The van der Waals surface area contributed by atoms with E-state index >= 15 is 0 Å². The van der Waals surface area contributed by atoms with Crippen molar-refractivity contribution in [2.24, 2.45) is 5.92 Å². The molecule has 1 amide bonds. The molecule has 0 aliphatic carbocycles. The average molecular weight is 416 g/mol. The van der Waals surface area contributed by atoms with E-state index < -0.39 is 0 Å². The number of para-hydroxylation sites is 1. The first-order chi connectivity index (χ1) is 15.0. The number of benzene rings is 2. The first-order valence-electron chi connectivity index (χ1n) is 11.0. The van der Waals surface area contributed by atoms with E-state index in [1.54, 1.807) is 6.20 Å². The highest BCUT2D eigenvalue weighted by atomic mass is 16.5. The van der Waals surface area contributed by atoms with E-state index in [-0.39, 0.29) is 11.8 Å². The van der Waals surface area contributed by atoms with Crippen molar-refractivity contribution >= 4 is 5.91 Å². The molecule has 1 aliphatic rings. The lowest BCUT2D eigenvalue weighted by molar-refractivity contribution is 0.0693. The Hall–Kier alpha value is -3.21. The van der Waals surface area contributed by atoms with Crippen LogP contribution in [-0.4, -0.2) is 33.9 Å². The molecule has 0 saturated carbocycles. The zero-order valence-electron chi connectivity index (χ0n) is 18.4. The van der Waals surface area contributed by atoms with Crippen molar-refractivity contribution in [1.82, 2.24) is 14.9 Å². The Balaban J connectivity index is 1.73. The van der Waals surface area contributed by atoms with E-state index in [0.717, 1.165) is 42.8 Å². The third kappa shape index (κ3) is 4.76. The molecular weight excluding hydrogens is 386 g/mol. The number of rotatable bonds is 5. The van der Waals surface area contributed by atoms with Crippen molar-refractivity contribution in [1.29, 1.82) is 0 Å². The Kier molecular flexibility index (Phi) is 6.31. The summed E-state index contributed by atoms with van der Waals surface area (Å²) in [5, 5.41) is 0. The molecule has 5 nitrogen and oxygen atoms in total. The number of carbonyl (C=O) groups excluding carboxylic acids is 1. The molecule has 0 radical (unpaired) electrons. The number of piperidine rings is 1. The Bertz CT molecular complexity index is 1040. The fraction of sp³-hybridized carbons (Fsp3) is 0.346. The summed E-state index contributed by atoms with van der Waals surface area (Å²) in [4.78, 5) is 24.4. The van der Waals surface area contributed by atoms with Crippen molar-refractivity contribution < 1.29 is 9.53 Å². The van der Waals surface area contributed by atoms with Gasteiger partial charge in [0.15, 0.2) is 5.82 Å². The molecule has 1 fully saturated rings. The van der Waals surface area contributed by atoms with Gasteiger partial charge in [-0.15, -0.1) is 0 Å². The molecule has 3 aromatic rings. The van der Waals surface area contributed by atoms with Crippen LogP contribution in [0.4, 0.5) is 0 Å². The van der Waals surface area contributed by atoms with Crippen LogP contribution in [-0.2, 0) is 0 Å². The van der Waals surface area contributed by atoms with E-state index in [1.165, 1.54) is 0 Å². The predicted octanol–water partition coefficient (Wildman–Crippen LogP) is 5.93. The predicted molar refractivity (Wildman–Crippen MR) is 122 cm³/mol. The van der Waals surface area contributed by atoms with Crippen molar-refractivity contribution in [2.45, 2.75) is 39.5 Å². The Labute approximate surface area is 184 Å². The largest absolute Gasteiger partial charge is 0.438 e. The fourth-order valence-corrected chi connectivity index (χ4v) is 3.85. The number of hydrogen-bond acceptors (Lipinski definition) is 4. The van der Waals surface area contributed by atoms with Gasteiger partial charge >= 0.3 is 0 Å². The minimum absolute atomic E-state index is 0.0662. The minimum Gasteiger partial charge on any atom is -0.438 e. The van der Waals surface area contributed by atoms with Gasteiger partial charge in [-0.1, -0.05) is 69.3 Å². The van der Waals surface area contributed by atoms with Gasteiger partial charge in [0.1, 0.15) is 11.3 Å². The molecule has 31 heavy (non-hydrogen) atoms. The number of carbonyl (C=O) groups is 1. The van der Waals surface area contributed by atoms with E-state index in [0.29, 0.717) is 23.2 Å². The van der Waals surface area contributed by atoms with Crippen LogP contribution < -0.4 is 4.74 Å². The number of ether oxygens (including phenoxy) is 1. The fourth-order valence-electron chi connectivity index (χ4n) is 3.85. The van der Waals surface area contributed by atoms with Gasteiger partial charge in [0, 0.05) is 24.8 Å². The van der Waals surface area contributed by atoms with Crippen molar-refractivity contribution in [3.63, 3.8) is 0 Å². The van der Waals surface area contributed by atoms with Gasteiger partial charge in [-0.25, -0.2) is 4.98 Å². The average Bonchev–Trinajstić information content (AvgIpc) is 2.80. The summed E-state index contributed by atoms with van der Waals surface area (Å²) in [5.74, 6) is 2.44. The summed E-state index contributed by atoms with van der Waals surface area (Å²) in [7, 11) is 0. The Morgan fingerprint density at radius 2 is 1.71 bits per heavy atom. The zero-order chi connectivity index (χ0) is 21.8. The number of amides is 1. The summed E-state index contributed by atoms with van der Waals surface area (Å²) < 4.78 is 6.30. The second-order valence-electron chi connectivity index (χ2n) is 8.55. The van der Waals surface area contributed by atoms with Gasteiger partial charge in [0.05, 0.1) is 0 Å². The van der Waals surface area contributed by atoms with Gasteiger partial charge in [-0.05, 0) is 36.3 Å². The first-order valence-corrected chi connectivity index (χ1v) is 11.0. The summed E-state index contributed by atoms with van der Waals surface area (Å²) in [5.41, 5.74) is 2.37. The summed E-state index contributed by atoms with van der Waals surface area (Å²) in [6.07, 6.45) is 3.64. The Morgan fingerprint density at radius 1 is 1.03 bits per heavy atom.